The van der Waals surface area contributed by atoms with Crippen LogP contribution in [-0.2, 0) is 4.79 Å². The molecular weight excluding hydrogens is 272 g/mol. The van der Waals surface area contributed by atoms with Gasteiger partial charge in [-0.2, -0.15) is 0 Å². The van der Waals surface area contributed by atoms with E-state index >= 15 is 0 Å². The van der Waals surface area contributed by atoms with Crippen molar-refractivity contribution in [2.24, 2.45) is 0 Å². The maximum atomic E-state index is 11.7. The lowest BCUT2D eigenvalue weighted by Gasteiger charge is -2.11. The van der Waals surface area contributed by atoms with Gasteiger partial charge in [-0.15, -0.1) is 0 Å². The smallest absolute Gasteiger partial charge is 0.319 e. The highest BCUT2D eigenvalue weighted by Crippen LogP contribution is 2.21. The molecular formula is C15H22N2O4. The van der Waals surface area contributed by atoms with E-state index in [0.717, 1.165) is 17.7 Å². The third-order valence-corrected chi connectivity index (χ3v) is 2.77. The molecule has 0 atom stereocenters. The Morgan fingerprint density at radius 3 is 2.71 bits per heavy atom. The van der Waals surface area contributed by atoms with Gasteiger partial charge in [0.2, 0.25) is 0 Å². The number of carboxylic acids is 1. The predicted molar refractivity (Wildman–Crippen MR) is 80.9 cm³/mol. The average Bonchev–Trinajstić information content (AvgIpc) is 2.44. The summed E-state index contributed by atoms with van der Waals surface area (Å²) >= 11 is 0. The topological polar surface area (TPSA) is 87.7 Å². The summed E-state index contributed by atoms with van der Waals surface area (Å²) in [6.45, 7) is 4.92. The van der Waals surface area contributed by atoms with Gasteiger partial charge in [-0.1, -0.05) is 6.92 Å². The highest BCUT2D eigenvalue weighted by atomic mass is 16.5. The van der Waals surface area contributed by atoms with Gasteiger partial charge in [-0.25, -0.2) is 4.79 Å². The Morgan fingerprint density at radius 1 is 1.33 bits per heavy atom. The number of hydrogen-bond donors (Lipinski definition) is 3. The van der Waals surface area contributed by atoms with E-state index in [2.05, 4.69) is 10.6 Å². The molecule has 1 aromatic carbocycles. The summed E-state index contributed by atoms with van der Waals surface area (Å²) < 4.78 is 5.51. The van der Waals surface area contributed by atoms with E-state index in [1.165, 1.54) is 0 Å². The number of ether oxygens (including phenoxy) is 1. The quantitative estimate of drug-likeness (QED) is 0.643. The van der Waals surface area contributed by atoms with Crippen molar-refractivity contribution in [3.05, 3.63) is 23.8 Å². The maximum absolute atomic E-state index is 11.7. The van der Waals surface area contributed by atoms with Gasteiger partial charge < -0.3 is 20.5 Å². The van der Waals surface area contributed by atoms with Crippen molar-refractivity contribution in [3.63, 3.8) is 0 Å². The van der Waals surface area contributed by atoms with Crippen molar-refractivity contribution in [1.82, 2.24) is 5.32 Å². The molecule has 0 aliphatic heterocycles. The number of hydrogen-bond acceptors (Lipinski definition) is 3. The summed E-state index contributed by atoms with van der Waals surface area (Å²) in [5, 5.41) is 13.8. The lowest BCUT2D eigenvalue weighted by Crippen LogP contribution is -2.30. The van der Waals surface area contributed by atoms with Gasteiger partial charge in [0.1, 0.15) is 5.75 Å². The van der Waals surface area contributed by atoms with Crippen LogP contribution >= 0.6 is 0 Å². The summed E-state index contributed by atoms with van der Waals surface area (Å²) in [6.07, 6.45) is 1.39. The number of nitrogens with one attached hydrogen (secondary N) is 2. The molecule has 0 spiro atoms. The van der Waals surface area contributed by atoms with Gasteiger partial charge in [0, 0.05) is 18.7 Å². The van der Waals surface area contributed by atoms with Crippen LogP contribution in [-0.4, -0.2) is 30.3 Å². The molecule has 21 heavy (non-hydrogen) atoms. The number of amides is 2. The first kappa shape index (κ1) is 16.8. The lowest BCUT2D eigenvalue weighted by atomic mass is 10.2. The van der Waals surface area contributed by atoms with E-state index in [9.17, 15) is 9.59 Å². The SMILES string of the molecule is CCCOc1ccc(NC(=O)NCCCC(=O)O)c(C)c1. The van der Waals surface area contributed by atoms with E-state index < -0.39 is 5.97 Å². The van der Waals surface area contributed by atoms with Crippen LogP contribution in [0.5, 0.6) is 5.75 Å². The molecule has 0 radical (unpaired) electrons. The molecule has 0 saturated heterocycles. The monoisotopic (exact) mass is 294 g/mol. The zero-order valence-electron chi connectivity index (χ0n) is 12.4. The molecule has 6 heteroatoms. The van der Waals surface area contributed by atoms with Crippen molar-refractivity contribution >= 4 is 17.7 Å². The minimum atomic E-state index is -0.865. The van der Waals surface area contributed by atoms with Crippen molar-refractivity contribution < 1.29 is 19.4 Å². The minimum absolute atomic E-state index is 0.0444. The number of anilines is 1. The average molecular weight is 294 g/mol. The fourth-order valence-electron chi connectivity index (χ4n) is 1.69. The fraction of sp³-hybridized carbons (Fsp3) is 0.467. The van der Waals surface area contributed by atoms with Crippen LogP contribution in [0.4, 0.5) is 10.5 Å². The van der Waals surface area contributed by atoms with Crippen molar-refractivity contribution in [3.8, 4) is 5.75 Å². The normalized spacial score (nSPS) is 10.0. The minimum Gasteiger partial charge on any atom is -0.494 e. The molecule has 1 rings (SSSR count). The van der Waals surface area contributed by atoms with Crippen LogP contribution in [0.3, 0.4) is 0 Å². The second kappa shape index (κ2) is 8.84. The standard InChI is InChI=1S/C15H22N2O4/c1-3-9-21-12-6-7-13(11(2)10-12)17-15(20)16-8-4-5-14(18)19/h6-7,10H,3-5,8-9H2,1-2H3,(H,18,19)(H2,16,17,20). The number of carbonyl (C=O) groups is 2. The Hall–Kier alpha value is -2.24. The van der Waals surface area contributed by atoms with Crippen LogP contribution < -0.4 is 15.4 Å². The van der Waals surface area contributed by atoms with Crippen LogP contribution in [0.25, 0.3) is 0 Å². The van der Waals surface area contributed by atoms with E-state index in [1.807, 2.05) is 26.0 Å². The fourth-order valence-corrected chi connectivity index (χ4v) is 1.69. The number of benzene rings is 1. The first-order chi connectivity index (χ1) is 10.0. The molecule has 3 N–H and O–H groups in total. The highest BCUT2D eigenvalue weighted by molar-refractivity contribution is 5.90. The number of carbonyl (C=O) groups excluding carboxylic acids is 1. The molecule has 0 saturated carbocycles. The first-order valence-corrected chi connectivity index (χ1v) is 7.03. The zero-order valence-corrected chi connectivity index (χ0v) is 12.4. The van der Waals surface area contributed by atoms with E-state index in [4.69, 9.17) is 9.84 Å². The Kier molecular flexibility index (Phi) is 7.08. The molecule has 0 aromatic heterocycles. The molecule has 0 fully saturated rings. The number of carboxylic acid groups (broad SMARTS) is 1. The molecule has 0 aliphatic carbocycles. The first-order valence-electron chi connectivity index (χ1n) is 7.03. The summed E-state index contributed by atoms with van der Waals surface area (Å²) in [6, 6.07) is 5.13. The lowest BCUT2D eigenvalue weighted by molar-refractivity contribution is -0.137. The van der Waals surface area contributed by atoms with Crippen molar-refractivity contribution in [2.75, 3.05) is 18.5 Å². The molecule has 6 nitrogen and oxygen atoms in total. The van der Waals surface area contributed by atoms with Crippen LogP contribution in [0.1, 0.15) is 31.7 Å². The Morgan fingerprint density at radius 2 is 2.10 bits per heavy atom. The number of aliphatic carboxylic acids is 1. The summed E-state index contributed by atoms with van der Waals surface area (Å²) in [5.41, 5.74) is 1.61. The van der Waals surface area contributed by atoms with E-state index in [0.29, 0.717) is 25.3 Å². The number of urea groups is 1. The second-order valence-electron chi connectivity index (χ2n) is 4.70. The molecule has 0 bridgehead atoms. The third-order valence-electron chi connectivity index (χ3n) is 2.77. The largest absolute Gasteiger partial charge is 0.494 e. The maximum Gasteiger partial charge on any atom is 0.319 e. The van der Waals surface area contributed by atoms with Gasteiger partial charge in [0.25, 0.3) is 0 Å². The predicted octanol–water partition coefficient (Wildman–Crippen LogP) is 2.77. The van der Waals surface area contributed by atoms with Gasteiger partial charge in [-0.05, 0) is 43.5 Å². The Balaban J connectivity index is 2.43. The van der Waals surface area contributed by atoms with E-state index in [-0.39, 0.29) is 12.5 Å². The Labute approximate surface area is 124 Å². The zero-order chi connectivity index (χ0) is 15.7. The van der Waals surface area contributed by atoms with Gasteiger partial charge >= 0.3 is 12.0 Å². The number of aryl methyl sites for hydroxylation is 1. The highest BCUT2D eigenvalue weighted by Gasteiger charge is 2.05. The molecule has 0 heterocycles. The van der Waals surface area contributed by atoms with Gasteiger partial charge in [0.05, 0.1) is 6.61 Å². The summed E-state index contributed by atoms with van der Waals surface area (Å²) in [4.78, 5) is 22.0. The van der Waals surface area contributed by atoms with Gasteiger partial charge in [-0.3, -0.25) is 4.79 Å². The molecule has 0 unspecified atom stereocenters. The van der Waals surface area contributed by atoms with Crippen LogP contribution in [0.2, 0.25) is 0 Å². The molecule has 2 amide bonds. The molecule has 1 aromatic rings. The summed E-state index contributed by atoms with van der Waals surface area (Å²) in [5.74, 6) is -0.0857. The molecule has 0 aliphatic rings. The van der Waals surface area contributed by atoms with E-state index in [1.54, 1.807) is 6.07 Å². The molecule has 116 valence electrons. The van der Waals surface area contributed by atoms with Crippen molar-refractivity contribution in [2.45, 2.75) is 33.1 Å². The number of rotatable bonds is 8. The Bertz CT molecular complexity index is 489. The second-order valence-corrected chi connectivity index (χ2v) is 4.70. The van der Waals surface area contributed by atoms with Crippen molar-refractivity contribution in [1.29, 1.82) is 0 Å². The van der Waals surface area contributed by atoms with Crippen LogP contribution in [0.15, 0.2) is 18.2 Å². The third kappa shape index (κ3) is 6.65. The summed E-state index contributed by atoms with van der Waals surface area (Å²) in [7, 11) is 0. The van der Waals surface area contributed by atoms with Gasteiger partial charge in [0.15, 0.2) is 0 Å². The van der Waals surface area contributed by atoms with Crippen LogP contribution in [0, 0.1) is 6.92 Å².